The second kappa shape index (κ2) is 20.4. The van der Waals surface area contributed by atoms with Crippen LogP contribution in [0.1, 0.15) is 27.9 Å². The summed E-state index contributed by atoms with van der Waals surface area (Å²) < 4.78 is 79.8. The van der Waals surface area contributed by atoms with E-state index >= 15 is 0 Å². The quantitative estimate of drug-likeness (QED) is 0.121. The van der Waals surface area contributed by atoms with E-state index in [2.05, 4.69) is 15.0 Å². The third-order valence-corrected chi connectivity index (χ3v) is 14.2. The van der Waals surface area contributed by atoms with Gasteiger partial charge in [0, 0.05) is 23.7 Å². The van der Waals surface area contributed by atoms with Crippen molar-refractivity contribution in [3.05, 3.63) is 158 Å². The Balaban J connectivity index is 1.18. The van der Waals surface area contributed by atoms with E-state index in [0.29, 0.717) is 56.5 Å². The van der Waals surface area contributed by atoms with Crippen LogP contribution in [0.4, 0.5) is 4.39 Å². The molecule has 1 N–H and O–H groups in total. The fourth-order valence-electron chi connectivity index (χ4n) is 8.04. The summed E-state index contributed by atoms with van der Waals surface area (Å²) in [5.41, 5.74) is 4.49. The molecule has 71 heavy (non-hydrogen) atoms. The number of ether oxygens (including phenoxy) is 5. The van der Waals surface area contributed by atoms with Crippen molar-refractivity contribution in [2.45, 2.75) is 50.9 Å². The standard InChI is InChI=1S/C51H41Cl3FN5O10S/c1-27-9-16-36(17-10-27)71(63,64)68-25-35-24-66-34-15-18-38(67-23-33-19-20-56-49(59-33)37-7-5-6-8-39(37)65-4)31(21-34)22-40(51(61)62)70-50-47-44(57-26-58-50)43(54)46(30-11-13-32(55)14-12-30)60(47)45-28(2)41(52)48(69-35)42(53)29(45)3/h5-21,26,35,40H,22-25H2,1-4H3,(H,61,62)/t35-,40+/m0/s1. The van der Waals surface area contributed by atoms with Gasteiger partial charge in [0.05, 0.1) is 49.7 Å². The molecular formula is C51H41Cl3FN5O10S. The minimum Gasteiger partial charge on any atom is -0.496 e. The summed E-state index contributed by atoms with van der Waals surface area (Å²) in [5.74, 6) is -0.630. The molecule has 2 aliphatic heterocycles. The molecule has 0 aliphatic carbocycles. The first-order valence-electron chi connectivity index (χ1n) is 21.8. The number of hydrogen-bond acceptors (Lipinski definition) is 13. The average Bonchev–Trinajstić information content (AvgIpc) is 3.66. The van der Waals surface area contributed by atoms with Crippen LogP contribution < -0.4 is 23.7 Å². The Labute approximate surface area is 421 Å². The van der Waals surface area contributed by atoms with Gasteiger partial charge in [-0.15, -0.1) is 0 Å². The van der Waals surface area contributed by atoms with Gasteiger partial charge in [-0.05, 0) is 105 Å². The van der Waals surface area contributed by atoms with E-state index in [9.17, 15) is 22.7 Å². The lowest BCUT2D eigenvalue weighted by atomic mass is 10.1. The van der Waals surface area contributed by atoms with Crippen LogP contribution in [0.2, 0.25) is 15.1 Å². The lowest BCUT2D eigenvalue weighted by Crippen LogP contribution is -2.32. The number of aryl methyl sites for hydroxylation is 1. The summed E-state index contributed by atoms with van der Waals surface area (Å²) in [6.07, 6.45) is -0.362. The first-order chi connectivity index (χ1) is 34.1. The first-order valence-corrected chi connectivity index (χ1v) is 24.3. The molecule has 5 heterocycles. The van der Waals surface area contributed by atoms with Crippen LogP contribution >= 0.6 is 34.8 Å². The molecule has 3 aromatic heterocycles. The molecule has 0 saturated heterocycles. The van der Waals surface area contributed by atoms with Crippen LogP contribution in [0.25, 0.3) is 39.4 Å². The normalized spacial score (nSPS) is 14.8. The van der Waals surface area contributed by atoms with Gasteiger partial charge in [-0.1, -0.05) is 64.6 Å². The number of para-hydroxylation sites is 1. The highest BCUT2D eigenvalue weighted by atomic mass is 35.5. The number of hydrogen-bond donors (Lipinski definition) is 1. The summed E-state index contributed by atoms with van der Waals surface area (Å²) in [7, 11) is -2.76. The van der Waals surface area contributed by atoms with Crippen molar-refractivity contribution in [2.75, 3.05) is 20.3 Å². The van der Waals surface area contributed by atoms with E-state index in [1.807, 2.05) is 25.1 Å². The largest absolute Gasteiger partial charge is 0.496 e. The van der Waals surface area contributed by atoms with Crippen molar-refractivity contribution >= 4 is 61.9 Å². The Morgan fingerprint density at radius 3 is 2.32 bits per heavy atom. The summed E-state index contributed by atoms with van der Waals surface area (Å²) >= 11 is 21.6. The molecule has 15 nitrogen and oxygen atoms in total. The fraction of sp³-hybridized carbons (Fsp3) is 0.196. The maximum atomic E-state index is 14.4. The van der Waals surface area contributed by atoms with Crippen molar-refractivity contribution in [2.24, 2.45) is 0 Å². The average molecular weight is 1040 g/mol. The highest BCUT2D eigenvalue weighted by Crippen LogP contribution is 2.48. The van der Waals surface area contributed by atoms with Gasteiger partial charge in [-0.25, -0.2) is 24.1 Å². The van der Waals surface area contributed by atoms with E-state index in [1.165, 1.54) is 42.7 Å². The number of carbonyl (C=O) groups is 1. The van der Waals surface area contributed by atoms with Crippen LogP contribution in [-0.2, 0) is 32.1 Å². The fourth-order valence-corrected chi connectivity index (χ4v) is 9.82. The van der Waals surface area contributed by atoms with Crippen molar-refractivity contribution in [3.8, 4) is 57.2 Å². The zero-order valence-corrected chi connectivity index (χ0v) is 41.2. The highest BCUT2D eigenvalue weighted by Gasteiger charge is 2.33. The Morgan fingerprint density at radius 2 is 1.61 bits per heavy atom. The number of carboxylic acids is 1. The number of fused-ring (bicyclic) bond motifs is 7. The van der Waals surface area contributed by atoms with Crippen LogP contribution in [0, 0.1) is 26.6 Å². The number of nitrogens with zero attached hydrogens (tertiary/aromatic N) is 5. The van der Waals surface area contributed by atoms with E-state index in [0.717, 1.165) is 5.56 Å². The number of halogens is 4. The van der Waals surface area contributed by atoms with Crippen LogP contribution in [0.15, 0.2) is 114 Å². The molecule has 5 aromatic carbocycles. The Bertz CT molecular complexity index is 3430. The third kappa shape index (κ3) is 10.0. The third-order valence-electron chi connectivity index (χ3n) is 11.6. The molecule has 2 aliphatic rings. The monoisotopic (exact) mass is 1040 g/mol. The molecule has 0 unspecified atom stereocenters. The highest BCUT2D eigenvalue weighted by molar-refractivity contribution is 7.86. The lowest BCUT2D eigenvalue weighted by Gasteiger charge is -2.25. The molecule has 0 spiro atoms. The Morgan fingerprint density at radius 1 is 0.873 bits per heavy atom. The molecular weight excluding hydrogens is 1000 g/mol. The minimum absolute atomic E-state index is 0.0135. The van der Waals surface area contributed by atoms with E-state index in [4.69, 9.17) is 67.7 Å². The van der Waals surface area contributed by atoms with Crippen molar-refractivity contribution in [1.82, 2.24) is 24.5 Å². The van der Waals surface area contributed by atoms with Crippen molar-refractivity contribution in [3.63, 3.8) is 0 Å². The molecule has 8 aromatic rings. The Kier molecular flexibility index (Phi) is 14.1. The second-order valence-corrected chi connectivity index (χ2v) is 19.1. The van der Waals surface area contributed by atoms with Crippen LogP contribution in [0.5, 0.6) is 28.9 Å². The van der Waals surface area contributed by atoms with E-state index < -0.39 is 40.7 Å². The molecule has 4 bridgehead atoms. The van der Waals surface area contributed by atoms with Gasteiger partial charge in [-0.2, -0.15) is 13.4 Å². The number of carboxylic acid groups (broad SMARTS) is 1. The smallest absolute Gasteiger partial charge is 0.345 e. The Hall–Kier alpha value is -7.02. The van der Waals surface area contributed by atoms with Crippen molar-refractivity contribution < 1.29 is 50.6 Å². The number of rotatable bonds is 11. The molecule has 10 rings (SSSR count). The molecule has 0 amide bonds. The number of aromatic nitrogens is 5. The van der Waals surface area contributed by atoms with Gasteiger partial charge < -0.3 is 33.4 Å². The van der Waals surface area contributed by atoms with Gasteiger partial charge in [0.1, 0.15) is 60.2 Å². The molecule has 20 heteroatoms. The van der Waals surface area contributed by atoms with E-state index in [-0.39, 0.29) is 73.8 Å². The maximum absolute atomic E-state index is 14.4. The SMILES string of the molecule is COc1ccccc1-c1nccc(COc2ccc3cc2C[C@H](C(=O)O)Oc2ncnc4c(Cl)c(-c5ccc(F)cc5)n(c24)-c2c(C)c(Cl)c(c(Cl)c2C)O[C@H](COS(=O)(=O)c2ccc(C)cc2)CO3)n1. The summed E-state index contributed by atoms with van der Waals surface area (Å²) in [6, 6.07) is 25.5. The number of benzene rings is 5. The number of aliphatic carboxylic acids is 1. The van der Waals surface area contributed by atoms with Crippen LogP contribution in [-0.4, -0.2) is 76.5 Å². The van der Waals surface area contributed by atoms with Crippen molar-refractivity contribution in [1.29, 1.82) is 0 Å². The van der Waals surface area contributed by atoms with Gasteiger partial charge in [-0.3, -0.25) is 4.18 Å². The number of methoxy groups -OCH3 is 1. The predicted molar refractivity (Wildman–Crippen MR) is 264 cm³/mol. The van der Waals surface area contributed by atoms with Crippen LogP contribution in [0.3, 0.4) is 0 Å². The topological polar surface area (TPSA) is 183 Å². The summed E-state index contributed by atoms with van der Waals surface area (Å²) in [5, 5.41) is 11.0. The predicted octanol–water partition coefficient (Wildman–Crippen LogP) is 10.8. The van der Waals surface area contributed by atoms with Gasteiger partial charge in [0.15, 0.2) is 17.7 Å². The second-order valence-electron chi connectivity index (χ2n) is 16.3. The van der Waals surface area contributed by atoms with Gasteiger partial charge in [0.25, 0.3) is 10.1 Å². The zero-order valence-electron chi connectivity index (χ0n) is 38.2. The zero-order chi connectivity index (χ0) is 50.1. The lowest BCUT2D eigenvalue weighted by molar-refractivity contribution is -0.145. The molecule has 364 valence electrons. The van der Waals surface area contributed by atoms with E-state index in [1.54, 1.807) is 74.2 Å². The van der Waals surface area contributed by atoms with Gasteiger partial charge >= 0.3 is 5.97 Å². The van der Waals surface area contributed by atoms with Gasteiger partial charge in [0.2, 0.25) is 12.0 Å². The minimum atomic E-state index is -4.31. The molecule has 0 radical (unpaired) electrons. The first kappa shape index (κ1) is 49.0. The molecule has 0 saturated carbocycles. The summed E-state index contributed by atoms with van der Waals surface area (Å²) in [6.45, 7) is 4.25. The summed E-state index contributed by atoms with van der Waals surface area (Å²) in [4.78, 5) is 31.4. The molecule has 0 fully saturated rings. The maximum Gasteiger partial charge on any atom is 0.345 e. The molecule has 2 atom stereocenters.